The number of pyridine rings is 1. The highest BCUT2D eigenvalue weighted by atomic mass is 35.5. The van der Waals surface area contributed by atoms with Crippen LogP contribution in [-0.2, 0) is 30.8 Å². The third-order valence-corrected chi connectivity index (χ3v) is 12.8. The molecule has 4 amide bonds. The summed E-state index contributed by atoms with van der Waals surface area (Å²) in [6, 6.07) is 27.8. The summed E-state index contributed by atoms with van der Waals surface area (Å²) < 4.78 is 46.2. The van der Waals surface area contributed by atoms with Crippen molar-refractivity contribution in [2.24, 2.45) is 23.7 Å². The molecule has 61 heavy (non-hydrogen) atoms. The molecule has 16 heteroatoms. The summed E-state index contributed by atoms with van der Waals surface area (Å²) in [6.07, 6.45) is -2.40. The van der Waals surface area contributed by atoms with Crippen molar-refractivity contribution < 1.29 is 42.2 Å². The molecule has 0 radical (unpaired) electrons. The summed E-state index contributed by atoms with van der Waals surface area (Å²) in [5.74, 6) is -7.77. The van der Waals surface area contributed by atoms with Crippen LogP contribution in [0, 0.1) is 23.7 Å². The van der Waals surface area contributed by atoms with Gasteiger partial charge < -0.3 is 15.2 Å². The van der Waals surface area contributed by atoms with Gasteiger partial charge in [0, 0.05) is 34.1 Å². The van der Waals surface area contributed by atoms with Crippen LogP contribution in [0.2, 0.25) is 10.0 Å². The fourth-order valence-electron chi connectivity index (χ4n) is 9.65. The molecule has 5 aromatic rings. The number of ether oxygens (including phenoxy) is 1. The number of anilines is 4. The van der Waals surface area contributed by atoms with Crippen LogP contribution >= 0.6 is 23.2 Å². The molecule has 2 saturated heterocycles. The first-order valence-corrected chi connectivity index (χ1v) is 20.0. The number of carbonyl (C=O) groups is 4. The largest absolute Gasteiger partial charge is 0.508 e. The molecule has 3 N–H and O–H groups in total. The molecule has 4 aliphatic rings. The number of nitrogens with zero attached hydrogens (tertiary/aromatic N) is 3. The van der Waals surface area contributed by atoms with Crippen molar-refractivity contribution in [3.05, 3.63) is 148 Å². The van der Waals surface area contributed by atoms with E-state index in [2.05, 4.69) is 15.7 Å². The van der Waals surface area contributed by atoms with Crippen LogP contribution in [0.3, 0.4) is 0 Å². The van der Waals surface area contributed by atoms with Gasteiger partial charge in [-0.2, -0.15) is 18.2 Å². The maximum Gasteiger partial charge on any atom is 0.417 e. The Bertz CT molecular complexity index is 2650. The van der Waals surface area contributed by atoms with Crippen LogP contribution in [0.1, 0.15) is 35.4 Å². The van der Waals surface area contributed by atoms with Gasteiger partial charge in [0.1, 0.15) is 11.5 Å². The Morgan fingerprint density at radius 2 is 1.56 bits per heavy atom. The Balaban J connectivity index is 1.16. The number of hydrogen-bond acceptors (Lipinski definition) is 9. The van der Waals surface area contributed by atoms with E-state index in [1.165, 1.54) is 24.1 Å². The first-order valence-electron chi connectivity index (χ1n) is 19.2. The van der Waals surface area contributed by atoms with Gasteiger partial charge in [0.05, 0.1) is 46.6 Å². The van der Waals surface area contributed by atoms with Crippen molar-refractivity contribution in [3.8, 4) is 11.5 Å². The third kappa shape index (κ3) is 6.47. The number of phenolic OH excluding ortho intramolecular Hbond substituents is 1. The molecule has 11 nitrogen and oxygen atoms in total. The van der Waals surface area contributed by atoms with Gasteiger partial charge in [-0.25, -0.2) is 4.98 Å². The van der Waals surface area contributed by atoms with Crippen LogP contribution in [0.25, 0.3) is 0 Å². The van der Waals surface area contributed by atoms with Gasteiger partial charge in [0.15, 0.2) is 5.82 Å². The van der Waals surface area contributed by atoms with E-state index in [9.17, 15) is 32.7 Å². The molecular formula is C45H34Cl2F3N5O6. The molecule has 310 valence electrons. The lowest BCUT2D eigenvalue weighted by Gasteiger charge is -2.50. The summed E-state index contributed by atoms with van der Waals surface area (Å²) in [5.41, 5.74) is 2.66. The van der Waals surface area contributed by atoms with Crippen LogP contribution in [0.5, 0.6) is 11.5 Å². The molecule has 4 aromatic carbocycles. The lowest BCUT2D eigenvalue weighted by Crippen LogP contribution is -2.53. The normalized spacial score (nSPS) is 24.6. The Kier molecular flexibility index (Phi) is 9.82. The number of allylic oxidation sites excluding steroid dienone is 2. The number of hydrazine groups is 1. The predicted octanol–water partition coefficient (Wildman–Crippen LogP) is 9.05. The van der Waals surface area contributed by atoms with E-state index in [4.69, 9.17) is 27.9 Å². The van der Waals surface area contributed by atoms with E-state index >= 15 is 4.79 Å². The van der Waals surface area contributed by atoms with Gasteiger partial charge >= 0.3 is 6.18 Å². The number of alkyl halides is 3. The van der Waals surface area contributed by atoms with Crippen molar-refractivity contribution in [1.29, 1.82) is 0 Å². The fourth-order valence-corrected chi connectivity index (χ4v) is 9.99. The average Bonchev–Trinajstić information content (AvgIpc) is 3.63. The summed E-state index contributed by atoms with van der Waals surface area (Å²) >= 11 is 12.6. The maximum absolute atomic E-state index is 15.4. The van der Waals surface area contributed by atoms with E-state index in [-0.39, 0.29) is 24.2 Å². The summed E-state index contributed by atoms with van der Waals surface area (Å²) in [7, 11) is 1.43. The molecule has 2 aliphatic heterocycles. The van der Waals surface area contributed by atoms with Crippen molar-refractivity contribution in [3.63, 3.8) is 0 Å². The summed E-state index contributed by atoms with van der Waals surface area (Å²) in [6.45, 7) is 0. The van der Waals surface area contributed by atoms with Gasteiger partial charge in [-0.05, 0) is 97.1 Å². The predicted molar refractivity (Wildman–Crippen MR) is 220 cm³/mol. The lowest BCUT2D eigenvalue weighted by atomic mass is 9.49. The van der Waals surface area contributed by atoms with E-state index in [0.29, 0.717) is 44.9 Å². The van der Waals surface area contributed by atoms with Crippen LogP contribution in [0.15, 0.2) is 121 Å². The van der Waals surface area contributed by atoms with E-state index in [1.807, 2.05) is 36.4 Å². The van der Waals surface area contributed by atoms with Crippen LogP contribution in [-0.4, -0.2) is 45.8 Å². The Labute approximate surface area is 356 Å². The standard InChI is InChI=1S/C45H34Cl2F3N5O6/c1-61-29-15-18-36(56)33(20-29)38-30-16-17-31-37(42(59)54(40(31)57)28-13-11-27(12-14-28)52-26-5-3-2-4-6-26)32(30)21-34-41(58)55(43(60)44(34,38)23-7-9-25(46)10-8-23)53-39-35(47)19-24(22-51-39)45(48,49)50/h2-16,18-20,22,31-32,34,37-38,52,56H,17,21H2,1H3,(H,51,53). The number of amides is 4. The third-order valence-electron chi connectivity index (χ3n) is 12.3. The first-order chi connectivity index (χ1) is 29.2. The zero-order valence-electron chi connectivity index (χ0n) is 32.0. The average molecular weight is 869 g/mol. The number of carbonyl (C=O) groups excluding carboxylic acids is 4. The van der Waals surface area contributed by atoms with E-state index in [1.54, 1.807) is 54.6 Å². The number of aromatic hydroxyl groups is 1. The zero-order valence-corrected chi connectivity index (χ0v) is 33.5. The number of fused-ring (bicyclic) bond motifs is 4. The molecule has 9 rings (SSSR count). The molecule has 2 aliphatic carbocycles. The second-order valence-corrected chi connectivity index (χ2v) is 16.2. The number of imide groups is 2. The van der Waals surface area contributed by atoms with Gasteiger partial charge in [-0.1, -0.05) is 65.2 Å². The highest BCUT2D eigenvalue weighted by Gasteiger charge is 2.71. The zero-order chi connectivity index (χ0) is 43.0. The topological polar surface area (TPSA) is 141 Å². The van der Waals surface area contributed by atoms with Gasteiger partial charge in [-0.3, -0.25) is 29.5 Å². The van der Waals surface area contributed by atoms with Crippen molar-refractivity contribution >= 4 is 69.7 Å². The SMILES string of the molecule is COc1ccc(O)c(C2C3=CCC4C(=O)N(c5ccc(Nc6ccccc6)cc5)C(=O)C4C3CC3C(=O)N(Nc4ncc(C(F)(F)F)cc4Cl)C(=O)C32c2ccc(Cl)cc2)c1. The number of nitrogens with one attached hydrogen (secondary N) is 2. The number of benzene rings is 4. The van der Waals surface area contributed by atoms with E-state index < -0.39 is 81.2 Å². The van der Waals surface area contributed by atoms with E-state index in [0.717, 1.165) is 11.4 Å². The Morgan fingerprint density at radius 3 is 2.23 bits per heavy atom. The first kappa shape index (κ1) is 40.0. The minimum atomic E-state index is -4.77. The second kappa shape index (κ2) is 15.0. The minimum Gasteiger partial charge on any atom is -0.508 e. The van der Waals surface area contributed by atoms with Crippen LogP contribution in [0.4, 0.5) is 36.1 Å². The molecule has 0 bridgehead atoms. The molecule has 6 unspecified atom stereocenters. The number of halogens is 5. The van der Waals surface area contributed by atoms with Crippen molar-refractivity contribution in [1.82, 2.24) is 9.99 Å². The van der Waals surface area contributed by atoms with Gasteiger partial charge in [-0.15, -0.1) is 0 Å². The lowest BCUT2D eigenvalue weighted by molar-refractivity contribution is -0.139. The van der Waals surface area contributed by atoms with Gasteiger partial charge in [0.2, 0.25) is 11.8 Å². The molecular weight excluding hydrogens is 834 g/mol. The number of hydrogen-bond donors (Lipinski definition) is 3. The molecule has 3 fully saturated rings. The number of phenols is 1. The number of aromatic nitrogens is 1. The fraction of sp³-hybridized carbons (Fsp3) is 0.222. The van der Waals surface area contributed by atoms with Crippen LogP contribution < -0.4 is 20.4 Å². The molecule has 1 saturated carbocycles. The molecule has 1 aromatic heterocycles. The quantitative estimate of drug-likeness (QED) is 0.103. The van der Waals surface area contributed by atoms with Crippen molar-refractivity contribution in [2.75, 3.05) is 22.8 Å². The molecule has 0 spiro atoms. The highest BCUT2D eigenvalue weighted by Crippen LogP contribution is 2.65. The Hall–Kier alpha value is -6.38. The molecule has 6 atom stereocenters. The maximum atomic E-state index is 15.4. The smallest absolute Gasteiger partial charge is 0.417 e. The highest BCUT2D eigenvalue weighted by molar-refractivity contribution is 6.33. The minimum absolute atomic E-state index is 0.0967. The Morgan fingerprint density at radius 1 is 0.852 bits per heavy atom. The van der Waals surface area contributed by atoms with Crippen molar-refractivity contribution in [2.45, 2.75) is 30.4 Å². The number of methoxy groups -OCH3 is 1. The number of para-hydroxylation sites is 1. The summed E-state index contributed by atoms with van der Waals surface area (Å²) in [4.78, 5) is 64.4. The second-order valence-electron chi connectivity index (χ2n) is 15.4. The van der Waals surface area contributed by atoms with Gasteiger partial charge in [0.25, 0.3) is 11.8 Å². The number of rotatable bonds is 8. The molecule has 3 heterocycles. The monoisotopic (exact) mass is 867 g/mol. The summed E-state index contributed by atoms with van der Waals surface area (Å²) in [5, 5.41) is 15.5.